The predicted octanol–water partition coefficient (Wildman–Crippen LogP) is 3.81. The van der Waals surface area contributed by atoms with Crippen LogP contribution in [0.15, 0.2) is 48.1 Å². The van der Waals surface area contributed by atoms with Crippen molar-refractivity contribution in [3.05, 3.63) is 53.6 Å². The van der Waals surface area contributed by atoms with Gasteiger partial charge in [0.15, 0.2) is 0 Å². The van der Waals surface area contributed by atoms with Crippen LogP contribution >= 0.6 is 0 Å². The second-order valence-electron chi connectivity index (χ2n) is 3.54. The van der Waals surface area contributed by atoms with E-state index in [1.165, 1.54) is 36.0 Å². The summed E-state index contributed by atoms with van der Waals surface area (Å²) in [6, 6.07) is 10.5. The van der Waals surface area contributed by atoms with Crippen molar-refractivity contribution >= 4 is 6.08 Å². The quantitative estimate of drug-likeness (QED) is 0.601. The first-order valence-electron chi connectivity index (χ1n) is 4.80. The van der Waals surface area contributed by atoms with Gasteiger partial charge in [0.05, 0.1) is 0 Å². The van der Waals surface area contributed by atoms with Crippen molar-refractivity contribution in [1.29, 1.82) is 0 Å². The Hall–Kier alpha value is -1.30. The third-order valence-electron chi connectivity index (χ3n) is 2.52. The van der Waals surface area contributed by atoms with Gasteiger partial charge in [0.25, 0.3) is 0 Å². The molecule has 0 heteroatoms. The maximum atomic E-state index is 4.06. The fourth-order valence-electron chi connectivity index (χ4n) is 1.75. The van der Waals surface area contributed by atoms with Gasteiger partial charge in [0.2, 0.25) is 0 Å². The van der Waals surface area contributed by atoms with E-state index in [2.05, 4.69) is 36.9 Å². The van der Waals surface area contributed by atoms with Crippen LogP contribution in [-0.2, 0) is 0 Å². The minimum atomic E-state index is 1.18. The van der Waals surface area contributed by atoms with Gasteiger partial charge >= 0.3 is 0 Å². The van der Waals surface area contributed by atoms with E-state index >= 15 is 0 Å². The molecule has 0 N–H and O–H groups in total. The highest BCUT2D eigenvalue weighted by molar-refractivity contribution is 5.58. The molecule has 0 heterocycles. The molecule has 1 fully saturated rings. The molecular weight excluding hydrogens is 156 g/mol. The Morgan fingerprint density at radius 2 is 1.85 bits per heavy atom. The van der Waals surface area contributed by atoms with Crippen molar-refractivity contribution in [2.45, 2.75) is 19.3 Å². The van der Waals surface area contributed by atoms with Gasteiger partial charge < -0.3 is 0 Å². The fourth-order valence-corrected chi connectivity index (χ4v) is 1.75. The molecule has 0 aromatic heterocycles. The Kier molecular flexibility index (Phi) is 2.31. The summed E-state index contributed by atoms with van der Waals surface area (Å²) in [5.41, 5.74) is 4.05. The summed E-state index contributed by atoms with van der Waals surface area (Å²) in [5, 5.41) is 0. The molecule has 0 radical (unpaired) electrons. The smallest absolute Gasteiger partial charge is 0.0254 e. The second kappa shape index (κ2) is 3.61. The number of allylic oxidation sites excluding steroid dienone is 2. The Balaban J connectivity index is 2.25. The first-order chi connectivity index (χ1) is 6.36. The van der Waals surface area contributed by atoms with E-state index in [4.69, 9.17) is 0 Å². The van der Waals surface area contributed by atoms with Crippen LogP contribution in [0.2, 0.25) is 0 Å². The summed E-state index contributed by atoms with van der Waals surface area (Å²) < 4.78 is 0. The van der Waals surface area contributed by atoms with Crippen LogP contribution in [0.5, 0.6) is 0 Å². The van der Waals surface area contributed by atoms with Crippen LogP contribution < -0.4 is 0 Å². The summed E-state index contributed by atoms with van der Waals surface area (Å²) in [4.78, 5) is 0. The molecule has 1 aliphatic rings. The number of benzene rings is 1. The van der Waals surface area contributed by atoms with E-state index in [9.17, 15) is 0 Å². The first-order valence-corrected chi connectivity index (χ1v) is 4.80. The second-order valence-corrected chi connectivity index (χ2v) is 3.54. The topological polar surface area (TPSA) is 0 Å². The maximum absolute atomic E-state index is 4.06. The molecule has 0 bridgehead atoms. The van der Waals surface area contributed by atoms with Gasteiger partial charge in [-0.25, -0.2) is 0 Å². The lowest BCUT2D eigenvalue weighted by molar-refractivity contribution is 0.934. The largest absolute Gasteiger partial charge is 0.0956 e. The standard InChI is InChI=1S/C13H14/c1-11-6-5-9-13(11)10-12-7-3-2-4-8-12/h2-4,7-8,10H,1,5-6,9H2/b13-10-. The summed E-state index contributed by atoms with van der Waals surface area (Å²) in [6.45, 7) is 4.06. The monoisotopic (exact) mass is 170 g/mol. The van der Waals surface area contributed by atoms with Crippen molar-refractivity contribution in [2.24, 2.45) is 0 Å². The van der Waals surface area contributed by atoms with Gasteiger partial charge in [0.1, 0.15) is 0 Å². The molecule has 1 aromatic carbocycles. The van der Waals surface area contributed by atoms with Gasteiger partial charge in [-0.3, -0.25) is 0 Å². The number of hydrogen-bond acceptors (Lipinski definition) is 0. The van der Waals surface area contributed by atoms with E-state index in [1.54, 1.807) is 0 Å². The van der Waals surface area contributed by atoms with Crippen molar-refractivity contribution in [3.63, 3.8) is 0 Å². The Morgan fingerprint density at radius 3 is 2.46 bits per heavy atom. The molecule has 0 unspecified atom stereocenters. The predicted molar refractivity (Wildman–Crippen MR) is 57.4 cm³/mol. The molecule has 0 aliphatic heterocycles. The van der Waals surface area contributed by atoms with Crippen molar-refractivity contribution in [2.75, 3.05) is 0 Å². The lowest BCUT2D eigenvalue weighted by atomic mass is 10.1. The van der Waals surface area contributed by atoms with Crippen molar-refractivity contribution < 1.29 is 0 Å². The summed E-state index contributed by atoms with van der Waals surface area (Å²) in [6.07, 6.45) is 5.92. The van der Waals surface area contributed by atoms with Crippen LogP contribution in [-0.4, -0.2) is 0 Å². The lowest BCUT2D eigenvalue weighted by Crippen LogP contribution is -1.77. The molecule has 0 amide bonds. The zero-order valence-corrected chi connectivity index (χ0v) is 7.79. The van der Waals surface area contributed by atoms with E-state index in [1.807, 2.05) is 6.07 Å². The first kappa shape index (κ1) is 8.31. The van der Waals surface area contributed by atoms with Crippen LogP contribution in [0.1, 0.15) is 24.8 Å². The normalized spacial score (nSPS) is 19.7. The maximum Gasteiger partial charge on any atom is -0.0254 e. The summed E-state index contributed by atoms with van der Waals surface area (Å²) in [7, 11) is 0. The van der Waals surface area contributed by atoms with Crippen LogP contribution in [0.3, 0.4) is 0 Å². The zero-order chi connectivity index (χ0) is 9.10. The Bertz CT molecular complexity index is 330. The molecule has 2 rings (SSSR count). The molecular formula is C13H14. The third-order valence-corrected chi connectivity index (χ3v) is 2.52. The van der Waals surface area contributed by atoms with E-state index < -0.39 is 0 Å². The minimum absolute atomic E-state index is 1.18. The van der Waals surface area contributed by atoms with Crippen molar-refractivity contribution in [1.82, 2.24) is 0 Å². The summed E-state index contributed by atoms with van der Waals surface area (Å²) in [5.74, 6) is 0. The molecule has 66 valence electrons. The van der Waals surface area contributed by atoms with Gasteiger partial charge in [-0.1, -0.05) is 48.6 Å². The molecule has 0 spiro atoms. The zero-order valence-electron chi connectivity index (χ0n) is 7.79. The van der Waals surface area contributed by atoms with Crippen molar-refractivity contribution in [3.8, 4) is 0 Å². The Labute approximate surface area is 79.6 Å². The molecule has 0 atom stereocenters. The summed E-state index contributed by atoms with van der Waals surface area (Å²) >= 11 is 0. The van der Waals surface area contributed by atoms with Crippen LogP contribution in [0.25, 0.3) is 6.08 Å². The number of hydrogen-bond donors (Lipinski definition) is 0. The third kappa shape index (κ3) is 1.89. The fraction of sp³-hybridized carbons (Fsp3) is 0.231. The highest BCUT2D eigenvalue weighted by Crippen LogP contribution is 2.30. The Morgan fingerprint density at radius 1 is 1.08 bits per heavy atom. The minimum Gasteiger partial charge on any atom is -0.0956 e. The number of rotatable bonds is 1. The van der Waals surface area contributed by atoms with E-state index in [-0.39, 0.29) is 0 Å². The average Bonchev–Trinajstić information content (AvgIpc) is 2.54. The van der Waals surface area contributed by atoms with Gasteiger partial charge in [-0.15, -0.1) is 0 Å². The molecule has 0 saturated heterocycles. The molecule has 1 aromatic rings. The molecule has 0 nitrogen and oxygen atoms in total. The van der Waals surface area contributed by atoms with Gasteiger partial charge in [-0.05, 0) is 30.4 Å². The van der Waals surface area contributed by atoms with Gasteiger partial charge in [0, 0.05) is 0 Å². The van der Waals surface area contributed by atoms with Gasteiger partial charge in [-0.2, -0.15) is 0 Å². The molecule has 1 aliphatic carbocycles. The highest BCUT2D eigenvalue weighted by atomic mass is 14.2. The average molecular weight is 170 g/mol. The van der Waals surface area contributed by atoms with Crippen LogP contribution in [0, 0.1) is 0 Å². The van der Waals surface area contributed by atoms with E-state index in [0.717, 1.165) is 0 Å². The van der Waals surface area contributed by atoms with E-state index in [0.29, 0.717) is 0 Å². The van der Waals surface area contributed by atoms with Crippen LogP contribution in [0.4, 0.5) is 0 Å². The lowest BCUT2D eigenvalue weighted by Gasteiger charge is -1.98. The molecule has 13 heavy (non-hydrogen) atoms. The SMILES string of the molecule is C=C1CCC/C1=C/c1ccccc1. The highest BCUT2D eigenvalue weighted by Gasteiger charge is 2.10. The molecule has 1 saturated carbocycles.